The number of hydrogen-bond acceptors (Lipinski definition) is 3. The molecule has 6 nitrogen and oxygen atoms in total. The lowest BCUT2D eigenvalue weighted by Crippen LogP contribution is -2.23. The summed E-state index contributed by atoms with van der Waals surface area (Å²) in [6.07, 6.45) is 0. The van der Waals surface area contributed by atoms with Gasteiger partial charge in [-0.1, -0.05) is 30.0 Å². The van der Waals surface area contributed by atoms with Crippen LogP contribution >= 0.6 is 11.8 Å². The number of amidine groups is 1. The van der Waals surface area contributed by atoms with E-state index in [-0.39, 0.29) is 11.1 Å². The van der Waals surface area contributed by atoms with Crippen molar-refractivity contribution in [2.24, 2.45) is 23.5 Å². The van der Waals surface area contributed by atoms with Gasteiger partial charge in [-0.15, -0.1) is 0 Å². The fraction of sp³-hybridized carbons (Fsp3) is 0.182. The largest absolute Gasteiger partial charge is 0.370 e. The maximum absolute atomic E-state index is 7.56. The van der Waals surface area contributed by atoms with Crippen LogP contribution in [0.4, 0.5) is 0 Å². The molecule has 0 saturated carbocycles. The van der Waals surface area contributed by atoms with Crippen LogP contribution in [0.2, 0.25) is 0 Å². The SMILES string of the molecule is Cn1nc(CSC(=N)N=C(N)N)c2ccccc21. The lowest BCUT2D eigenvalue weighted by Gasteiger charge is -1.97. The normalized spacial score (nSPS) is 10.5. The highest BCUT2D eigenvalue weighted by atomic mass is 32.2. The van der Waals surface area contributed by atoms with E-state index in [0.29, 0.717) is 5.75 Å². The number of thioether (sulfide) groups is 1. The molecule has 1 aromatic heterocycles. The number of nitrogens with one attached hydrogen (secondary N) is 1. The number of fused-ring (bicyclic) bond motifs is 1. The zero-order chi connectivity index (χ0) is 13.1. The number of nitrogens with zero attached hydrogens (tertiary/aromatic N) is 3. The van der Waals surface area contributed by atoms with Crippen LogP contribution in [0.3, 0.4) is 0 Å². The lowest BCUT2D eigenvalue weighted by atomic mass is 10.2. The molecule has 0 aliphatic carbocycles. The van der Waals surface area contributed by atoms with Gasteiger partial charge in [-0.3, -0.25) is 10.1 Å². The van der Waals surface area contributed by atoms with E-state index in [1.807, 2.05) is 36.0 Å². The van der Waals surface area contributed by atoms with E-state index >= 15 is 0 Å². The molecular formula is C11H14N6S. The Morgan fingerprint density at radius 2 is 2.17 bits per heavy atom. The van der Waals surface area contributed by atoms with Crippen molar-refractivity contribution in [2.75, 3.05) is 0 Å². The smallest absolute Gasteiger partial charge is 0.193 e. The Hall–Kier alpha value is -2.02. The number of rotatable bonds is 2. The number of para-hydroxylation sites is 1. The summed E-state index contributed by atoms with van der Waals surface area (Å²) in [6, 6.07) is 7.97. The Morgan fingerprint density at radius 1 is 1.44 bits per heavy atom. The molecule has 0 atom stereocenters. The van der Waals surface area contributed by atoms with E-state index in [4.69, 9.17) is 16.9 Å². The molecule has 94 valence electrons. The molecule has 0 radical (unpaired) electrons. The summed E-state index contributed by atoms with van der Waals surface area (Å²) in [5, 5.41) is 13.2. The molecule has 2 aromatic rings. The molecule has 0 spiro atoms. The summed E-state index contributed by atoms with van der Waals surface area (Å²) in [7, 11) is 1.90. The molecule has 0 unspecified atom stereocenters. The predicted octanol–water partition coefficient (Wildman–Crippen LogP) is 1.01. The lowest BCUT2D eigenvalue weighted by molar-refractivity contribution is 0.781. The number of guanidine groups is 1. The third-order valence-corrected chi connectivity index (χ3v) is 3.19. The summed E-state index contributed by atoms with van der Waals surface area (Å²) in [4.78, 5) is 3.66. The molecule has 0 aliphatic heterocycles. The van der Waals surface area contributed by atoms with Crippen molar-refractivity contribution >= 4 is 33.8 Å². The zero-order valence-corrected chi connectivity index (χ0v) is 10.7. The molecule has 0 bridgehead atoms. The third kappa shape index (κ3) is 2.62. The van der Waals surface area contributed by atoms with Crippen LogP contribution in [0.25, 0.3) is 10.9 Å². The number of aryl methyl sites for hydroxylation is 1. The van der Waals surface area contributed by atoms with Gasteiger partial charge in [-0.2, -0.15) is 10.1 Å². The minimum atomic E-state index is -0.0987. The molecule has 2 rings (SSSR count). The maximum atomic E-state index is 7.56. The van der Waals surface area contributed by atoms with Crippen molar-refractivity contribution in [1.82, 2.24) is 9.78 Å². The zero-order valence-electron chi connectivity index (χ0n) is 9.92. The maximum Gasteiger partial charge on any atom is 0.193 e. The first kappa shape index (κ1) is 12.4. The van der Waals surface area contributed by atoms with Gasteiger partial charge in [0.15, 0.2) is 11.1 Å². The Bertz CT molecular complexity index is 611. The van der Waals surface area contributed by atoms with Gasteiger partial charge >= 0.3 is 0 Å². The molecule has 0 saturated heterocycles. The second-order valence-corrected chi connectivity index (χ2v) is 4.68. The van der Waals surface area contributed by atoms with Crippen molar-refractivity contribution < 1.29 is 0 Å². The highest BCUT2D eigenvalue weighted by Crippen LogP contribution is 2.22. The van der Waals surface area contributed by atoms with E-state index in [1.54, 1.807) is 0 Å². The minimum Gasteiger partial charge on any atom is -0.370 e. The van der Waals surface area contributed by atoms with Gasteiger partial charge in [0, 0.05) is 18.2 Å². The third-order valence-electron chi connectivity index (χ3n) is 2.41. The quantitative estimate of drug-likeness (QED) is 0.554. The van der Waals surface area contributed by atoms with Crippen LogP contribution in [0, 0.1) is 5.41 Å². The average Bonchev–Trinajstić information content (AvgIpc) is 2.64. The van der Waals surface area contributed by atoms with E-state index in [9.17, 15) is 0 Å². The van der Waals surface area contributed by atoms with Crippen molar-refractivity contribution in [2.45, 2.75) is 5.75 Å². The predicted molar refractivity (Wildman–Crippen MR) is 75.5 cm³/mol. The van der Waals surface area contributed by atoms with Crippen molar-refractivity contribution in [1.29, 1.82) is 5.41 Å². The van der Waals surface area contributed by atoms with Gasteiger partial charge < -0.3 is 11.5 Å². The van der Waals surface area contributed by atoms with Gasteiger partial charge in [0.25, 0.3) is 0 Å². The number of hydrogen-bond donors (Lipinski definition) is 3. The van der Waals surface area contributed by atoms with E-state index in [1.165, 1.54) is 11.8 Å². The molecule has 0 fully saturated rings. The molecular weight excluding hydrogens is 248 g/mol. The number of benzene rings is 1. The first-order valence-electron chi connectivity index (χ1n) is 5.29. The van der Waals surface area contributed by atoms with E-state index in [0.717, 1.165) is 16.6 Å². The summed E-state index contributed by atoms with van der Waals surface area (Å²) >= 11 is 1.25. The van der Waals surface area contributed by atoms with Crippen LogP contribution in [0.1, 0.15) is 5.69 Å². The number of nitrogens with two attached hydrogens (primary N) is 2. The number of aliphatic imine (C=N–C) groups is 1. The van der Waals surface area contributed by atoms with Crippen molar-refractivity contribution in [3.05, 3.63) is 30.0 Å². The fourth-order valence-electron chi connectivity index (χ4n) is 1.68. The Labute approximate surface area is 109 Å². The van der Waals surface area contributed by atoms with Crippen LogP contribution in [0.5, 0.6) is 0 Å². The van der Waals surface area contributed by atoms with Gasteiger partial charge in [-0.05, 0) is 6.07 Å². The Morgan fingerprint density at radius 3 is 2.89 bits per heavy atom. The topological polar surface area (TPSA) is 106 Å². The number of aromatic nitrogens is 2. The Balaban J connectivity index is 2.18. The monoisotopic (exact) mass is 262 g/mol. The summed E-state index contributed by atoms with van der Waals surface area (Å²) in [5.41, 5.74) is 12.4. The minimum absolute atomic E-state index is 0.0877. The van der Waals surface area contributed by atoms with Crippen LogP contribution in [-0.4, -0.2) is 20.9 Å². The first-order chi connectivity index (χ1) is 8.58. The highest BCUT2D eigenvalue weighted by Gasteiger charge is 2.08. The molecule has 18 heavy (non-hydrogen) atoms. The van der Waals surface area contributed by atoms with Gasteiger partial charge in [0.05, 0.1) is 11.2 Å². The second kappa shape index (κ2) is 5.09. The standard InChI is InChI=1S/C11H14N6S/c1-17-9-5-3-2-4-7(9)8(16-17)6-18-11(14)15-10(12)13/h2-5H,6H2,1H3,(H5,12,13,14,15). The average molecular weight is 262 g/mol. The van der Waals surface area contributed by atoms with Crippen LogP contribution < -0.4 is 11.5 Å². The fourth-order valence-corrected chi connectivity index (χ4v) is 2.34. The summed E-state index contributed by atoms with van der Waals surface area (Å²) in [6.45, 7) is 0. The molecule has 0 amide bonds. The summed E-state index contributed by atoms with van der Waals surface area (Å²) < 4.78 is 1.83. The molecule has 1 heterocycles. The van der Waals surface area contributed by atoms with E-state index < -0.39 is 0 Å². The second-order valence-electron chi connectivity index (χ2n) is 3.72. The van der Waals surface area contributed by atoms with Crippen molar-refractivity contribution in [3.8, 4) is 0 Å². The molecule has 7 heteroatoms. The van der Waals surface area contributed by atoms with Crippen molar-refractivity contribution in [3.63, 3.8) is 0 Å². The van der Waals surface area contributed by atoms with E-state index in [2.05, 4.69) is 10.1 Å². The van der Waals surface area contributed by atoms with Gasteiger partial charge in [-0.25, -0.2) is 0 Å². The van der Waals surface area contributed by atoms with Gasteiger partial charge in [0.2, 0.25) is 0 Å². The Kier molecular flexibility index (Phi) is 3.52. The van der Waals surface area contributed by atoms with Crippen LogP contribution in [0.15, 0.2) is 29.3 Å². The first-order valence-corrected chi connectivity index (χ1v) is 6.28. The molecule has 5 N–H and O–H groups in total. The van der Waals surface area contributed by atoms with Crippen LogP contribution in [-0.2, 0) is 12.8 Å². The summed E-state index contributed by atoms with van der Waals surface area (Å²) in [5.74, 6) is 0.468. The highest BCUT2D eigenvalue weighted by molar-refractivity contribution is 8.13. The molecule has 1 aromatic carbocycles. The molecule has 0 aliphatic rings. The van der Waals surface area contributed by atoms with Gasteiger partial charge in [0.1, 0.15) is 0 Å².